The lowest BCUT2D eigenvalue weighted by Crippen LogP contribution is -2.49. The standard InChI is InChI=1S/C9H19N/c1-8(2)5-6-9(3,4)10-7-8/h10H,5-7H2,1-4H3. The Hall–Kier alpha value is -0.0400. The second-order valence-corrected chi connectivity index (χ2v) is 4.90. The normalized spacial score (nSPS) is 30.0. The van der Waals surface area contributed by atoms with E-state index in [9.17, 15) is 0 Å². The van der Waals surface area contributed by atoms with Crippen molar-refractivity contribution in [2.45, 2.75) is 46.1 Å². The van der Waals surface area contributed by atoms with Gasteiger partial charge in [-0.3, -0.25) is 0 Å². The minimum absolute atomic E-state index is 0.384. The van der Waals surface area contributed by atoms with E-state index in [0.717, 1.165) is 0 Å². The molecule has 1 N–H and O–H groups in total. The first-order valence-corrected chi connectivity index (χ1v) is 4.16. The van der Waals surface area contributed by atoms with Gasteiger partial charge in [-0.05, 0) is 32.1 Å². The number of nitrogens with one attached hydrogen (secondary N) is 1. The predicted molar refractivity (Wildman–Crippen MR) is 45.1 cm³/mol. The van der Waals surface area contributed by atoms with Crippen molar-refractivity contribution in [2.75, 3.05) is 6.54 Å². The Morgan fingerprint density at radius 2 is 1.60 bits per heavy atom. The van der Waals surface area contributed by atoms with Gasteiger partial charge in [0.15, 0.2) is 0 Å². The molecule has 0 aromatic heterocycles. The van der Waals surface area contributed by atoms with E-state index in [1.165, 1.54) is 19.4 Å². The summed E-state index contributed by atoms with van der Waals surface area (Å²) < 4.78 is 0. The van der Waals surface area contributed by atoms with Crippen LogP contribution in [0.25, 0.3) is 0 Å². The number of hydrogen-bond acceptors (Lipinski definition) is 1. The molecular weight excluding hydrogens is 122 g/mol. The SMILES string of the molecule is CC1(C)CCC(C)(C)NC1. The van der Waals surface area contributed by atoms with Gasteiger partial charge in [0.25, 0.3) is 0 Å². The van der Waals surface area contributed by atoms with Gasteiger partial charge in [-0.1, -0.05) is 13.8 Å². The fraction of sp³-hybridized carbons (Fsp3) is 1.00. The third-order valence-electron chi connectivity index (χ3n) is 2.47. The third kappa shape index (κ3) is 1.98. The molecule has 1 aliphatic rings. The molecule has 0 atom stereocenters. The molecule has 60 valence electrons. The molecule has 1 heterocycles. The van der Waals surface area contributed by atoms with Crippen LogP contribution in [0.4, 0.5) is 0 Å². The van der Waals surface area contributed by atoms with Crippen molar-refractivity contribution in [3.05, 3.63) is 0 Å². The van der Waals surface area contributed by atoms with Crippen molar-refractivity contribution >= 4 is 0 Å². The van der Waals surface area contributed by atoms with Crippen molar-refractivity contribution in [1.82, 2.24) is 5.32 Å². The van der Waals surface area contributed by atoms with Gasteiger partial charge in [0.05, 0.1) is 0 Å². The lowest BCUT2D eigenvalue weighted by atomic mass is 9.78. The highest BCUT2D eigenvalue weighted by molar-refractivity contribution is 4.88. The summed E-state index contributed by atoms with van der Waals surface area (Å²) in [5.74, 6) is 0. The van der Waals surface area contributed by atoms with Crippen LogP contribution in [0.15, 0.2) is 0 Å². The van der Waals surface area contributed by atoms with Crippen LogP contribution in [0.1, 0.15) is 40.5 Å². The zero-order chi connectivity index (χ0) is 7.83. The first-order chi connectivity index (χ1) is 4.41. The Morgan fingerprint density at radius 3 is 1.90 bits per heavy atom. The molecule has 1 heteroatoms. The van der Waals surface area contributed by atoms with Crippen molar-refractivity contribution in [3.63, 3.8) is 0 Å². The van der Waals surface area contributed by atoms with E-state index in [-0.39, 0.29) is 0 Å². The summed E-state index contributed by atoms with van der Waals surface area (Å²) in [5, 5.41) is 3.55. The maximum absolute atomic E-state index is 3.55. The summed E-state index contributed by atoms with van der Waals surface area (Å²) in [6.45, 7) is 10.4. The summed E-state index contributed by atoms with van der Waals surface area (Å²) in [7, 11) is 0. The van der Waals surface area contributed by atoms with Gasteiger partial charge in [-0.15, -0.1) is 0 Å². The van der Waals surface area contributed by atoms with Crippen molar-refractivity contribution in [3.8, 4) is 0 Å². The predicted octanol–water partition coefficient (Wildman–Crippen LogP) is 2.17. The molecule has 0 bridgehead atoms. The van der Waals surface area contributed by atoms with Crippen LogP contribution < -0.4 is 5.32 Å². The molecule has 1 fully saturated rings. The molecule has 1 nitrogen and oxygen atoms in total. The van der Waals surface area contributed by atoms with E-state index < -0.39 is 0 Å². The summed E-state index contributed by atoms with van der Waals surface area (Å²) in [5.41, 5.74) is 0.908. The fourth-order valence-electron chi connectivity index (χ4n) is 1.31. The van der Waals surface area contributed by atoms with Gasteiger partial charge in [-0.25, -0.2) is 0 Å². The minimum Gasteiger partial charge on any atom is -0.311 e. The Labute approximate surface area is 64.2 Å². The summed E-state index contributed by atoms with van der Waals surface area (Å²) in [6.07, 6.45) is 2.66. The maximum Gasteiger partial charge on any atom is 0.0125 e. The fourth-order valence-corrected chi connectivity index (χ4v) is 1.31. The summed E-state index contributed by atoms with van der Waals surface area (Å²) >= 11 is 0. The highest BCUT2D eigenvalue weighted by Gasteiger charge is 2.30. The van der Waals surface area contributed by atoms with Crippen molar-refractivity contribution in [1.29, 1.82) is 0 Å². The molecule has 1 saturated heterocycles. The second kappa shape index (κ2) is 2.23. The van der Waals surface area contributed by atoms with Crippen LogP contribution in [0, 0.1) is 5.41 Å². The van der Waals surface area contributed by atoms with Crippen LogP contribution in [0.3, 0.4) is 0 Å². The van der Waals surface area contributed by atoms with Gasteiger partial charge < -0.3 is 5.32 Å². The Bertz CT molecular complexity index is 96.7. The van der Waals surface area contributed by atoms with Crippen LogP contribution in [-0.2, 0) is 0 Å². The molecule has 0 amide bonds. The molecule has 0 aromatic carbocycles. The van der Waals surface area contributed by atoms with Gasteiger partial charge in [0, 0.05) is 12.1 Å². The maximum atomic E-state index is 3.55. The summed E-state index contributed by atoms with van der Waals surface area (Å²) in [6, 6.07) is 0. The third-order valence-corrected chi connectivity index (χ3v) is 2.47. The monoisotopic (exact) mass is 141 g/mol. The van der Waals surface area contributed by atoms with Gasteiger partial charge >= 0.3 is 0 Å². The molecule has 0 saturated carbocycles. The molecule has 0 radical (unpaired) electrons. The zero-order valence-corrected chi connectivity index (χ0v) is 7.62. The number of rotatable bonds is 0. The molecule has 10 heavy (non-hydrogen) atoms. The van der Waals surface area contributed by atoms with Gasteiger partial charge in [0.1, 0.15) is 0 Å². The number of hydrogen-bond donors (Lipinski definition) is 1. The molecule has 0 aliphatic carbocycles. The van der Waals surface area contributed by atoms with E-state index in [1.54, 1.807) is 0 Å². The summed E-state index contributed by atoms with van der Waals surface area (Å²) in [4.78, 5) is 0. The van der Waals surface area contributed by atoms with Crippen molar-refractivity contribution < 1.29 is 0 Å². The van der Waals surface area contributed by atoms with Gasteiger partial charge in [-0.2, -0.15) is 0 Å². The lowest BCUT2D eigenvalue weighted by Gasteiger charge is -2.40. The van der Waals surface area contributed by atoms with Crippen LogP contribution >= 0.6 is 0 Å². The van der Waals surface area contributed by atoms with Crippen molar-refractivity contribution in [2.24, 2.45) is 5.41 Å². The van der Waals surface area contributed by atoms with Crippen LogP contribution in [-0.4, -0.2) is 12.1 Å². The molecular formula is C9H19N. The van der Waals surface area contributed by atoms with Gasteiger partial charge in [0.2, 0.25) is 0 Å². The first-order valence-electron chi connectivity index (χ1n) is 4.16. The second-order valence-electron chi connectivity index (χ2n) is 4.90. The van der Waals surface area contributed by atoms with E-state index in [1.807, 2.05) is 0 Å². The Morgan fingerprint density at radius 1 is 1.00 bits per heavy atom. The van der Waals surface area contributed by atoms with E-state index in [4.69, 9.17) is 0 Å². The average Bonchev–Trinajstić information content (AvgIpc) is 1.79. The van der Waals surface area contributed by atoms with E-state index in [0.29, 0.717) is 11.0 Å². The molecule has 0 unspecified atom stereocenters. The molecule has 0 aromatic rings. The van der Waals surface area contributed by atoms with E-state index in [2.05, 4.69) is 33.0 Å². The molecule has 1 aliphatic heterocycles. The van der Waals surface area contributed by atoms with E-state index >= 15 is 0 Å². The largest absolute Gasteiger partial charge is 0.311 e. The smallest absolute Gasteiger partial charge is 0.0125 e. The number of piperidine rings is 1. The minimum atomic E-state index is 0.384. The lowest BCUT2D eigenvalue weighted by molar-refractivity contribution is 0.175. The first kappa shape index (κ1) is 8.06. The molecule has 0 spiro atoms. The zero-order valence-electron chi connectivity index (χ0n) is 7.62. The molecule has 1 rings (SSSR count). The van der Waals surface area contributed by atoms with Crippen LogP contribution in [0.2, 0.25) is 0 Å². The highest BCUT2D eigenvalue weighted by atomic mass is 15.0. The Balaban J connectivity index is 2.46. The quantitative estimate of drug-likeness (QED) is 0.545. The Kier molecular flexibility index (Phi) is 1.80. The van der Waals surface area contributed by atoms with Crippen LogP contribution in [0.5, 0.6) is 0 Å². The highest BCUT2D eigenvalue weighted by Crippen LogP contribution is 2.30. The topological polar surface area (TPSA) is 12.0 Å². The average molecular weight is 141 g/mol.